The average Bonchev–Trinajstić information content (AvgIpc) is 2.70. The Morgan fingerprint density at radius 3 is 2.82 bits per heavy atom. The van der Waals surface area contributed by atoms with Crippen molar-refractivity contribution < 1.29 is 0 Å². The van der Waals surface area contributed by atoms with Gasteiger partial charge in [0.1, 0.15) is 0 Å². The van der Waals surface area contributed by atoms with Gasteiger partial charge in [-0.25, -0.2) is 0 Å². The minimum absolute atomic E-state index is 0.345. The van der Waals surface area contributed by atoms with Crippen LogP contribution in [0.1, 0.15) is 32.6 Å². The molecule has 0 spiro atoms. The zero-order valence-electron chi connectivity index (χ0n) is 7.28. The number of hydrogen-bond acceptors (Lipinski definition) is 1. The lowest BCUT2D eigenvalue weighted by molar-refractivity contribution is 0.593. The molecule has 0 aliphatic heterocycles. The summed E-state index contributed by atoms with van der Waals surface area (Å²) in [5.41, 5.74) is 0. The van der Waals surface area contributed by atoms with Crippen LogP contribution in [-0.2, 0) is 0 Å². The molecule has 2 heteroatoms. The molecule has 0 amide bonds. The number of nitrogens with one attached hydrogen (secondary N) is 1. The van der Waals surface area contributed by atoms with Crippen LogP contribution in [0.25, 0.3) is 0 Å². The van der Waals surface area contributed by atoms with Gasteiger partial charge in [0.2, 0.25) is 0 Å². The second-order valence-corrected chi connectivity index (χ2v) is 4.32. The lowest BCUT2D eigenvalue weighted by Crippen LogP contribution is -2.18. The Hall–Kier alpha value is 0.250. The van der Waals surface area contributed by atoms with E-state index in [9.17, 15) is 0 Å². The van der Waals surface area contributed by atoms with E-state index in [-0.39, 0.29) is 0 Å². The van der Waals surface area contributed by atoms with Crippen LogP contribution >= 0.6 is 11.6 Å². The zero-order valence-corrected chi connectivity index (χ0v) is 8.03. The largest absolute Gasteiger partial charge is 0.316 e. The minimum Gasteiger partial charge on any atom is -0.316 e. The van der Waals surface area contributed by atoms with Crippen molar-refractivity contribution in [2.45, 2.75) is 38.0 Å². The van der Waals surface area contributed by atoms with E-state index < -0.39 is 0 Å². The lowest BCUT2D eigenvalue weighted by atomic mass is 10.2. The Morgan fingerprint density at radius 2 is 2.27 bits per heavy atom. The molecule has 1 fully saturated rings. The van der Waals surface area contributed by atoms with Crippen molar-refractivity contribution in [1.29, 1.82) is 0 Å². The fraction of sp³-hybridized carbons (Fsp3) is 1.00. The van der Waals surface area contributed by atoms with Crippen molar-refractivity contribution in [3.8, 4) is 0 Å². The summed E-state index contributed by atoms with van der Waals surface area (Å²) < 4.78 is 0. The smallest absolute Gasteiger partial charge is 0.0308 e. The molecule has 0 heterocycles. The van der Waals surface area contributed by atoms with E-state index in [0.717, 1.165) is 18.9 Å². The summed E-state index contributed by atoms with van der Waals surface area (Å²) in [4.78, 5) is 0. The summed E-state index contributed by atoms with van der Waals surface area (Å²) in [6.45, 7) is 4.44. The summed E-state index contributed by atoms with van der Waals surface area (Å²) in [7, 11) is 0. The van der Waals surface area contributed by atoms with E-state index in [0.29, 0.717) is 5.38 Å². The van der Waals surface area contributed by atoms with Crippen molar-refractivity contribution in [3.63, 3.8) is 0 Å². The van der Waals surface area contributed by atoms with Crippen LogP contribution in [0.3, 0.4) is 0 Å². The van der Waals surface area contributed by atoms with E-state index in [2.05, 4.69) is 12.2 Å². The summed E-state index contributed by atoms with van der Waals surface area (Å²) in [6.07, 6.45) is 5.24. The number of rotatable bonds is 6. The van der Waals surface area contributed by atoms with Crippen molar-refractivity contribution in [1.82, 2.24) is 5.32 Å². The number of hydrogen-bond donors (Lipinski definition) is 1. The van der Waals surface area contributed by atoms with Gasteiger partial charge in [-0.2, -0.15) is 0 Å². The van der Waals surface area contributed by atoms with Gasteiger partial charge >= 0.3 is 0 Å². The Kier molecular flexibility index (Phi) is 4.24. The van der Waals surface area contributed by atoms with E-state index in [1.165, 1.54) is 25.8 Å². The molecule has 0 aromatic heterocycles. The maximum atomic E-state index is 5.80. The first-order chi connectivity index (χ1) is 5.29. The Morgan fingerprint density at radius 1 is 1.55 bits per heavy atom. The van der Waals surface area contributed by atoms with Crippen LogP contribution in [0, 0.1) is 5.92 Å². The molecule has 1 rings (SSSR count). The number of alkyl halides is 1. The first-order valence-corrected chi connectivity index (χ1v) is 5.07. The SMILES string of the molecule is CC(Cl)CCCNCC1CC1. The standard InChI is InChI=1S/C9H18ClN/c1-8(10)3-2-6-11-7-9-4-5-9/h8-9,11H,2-7H2,1H3. The molecule has 0 radical (unpaired) electrons. The molecule has 1 atom stereocenters. The van der Waals surface area contributed by atoms with Crippen LogP contribution in [0.2, 0.25) is 0 Å². The third-order valence-corrected chi connectivity index (χ3v) is 2.30. The molecule has 0 bridgehead atoms. The van der Waals surface area contributed by atoms with Crippen LogP contribution < -0.4 is 5.32 Å². The molecule has 11 heavy (non-hydrogen) atoms. The van der Waals surface area contributed by atoms with Crippen molar-refractivity contribution in [3.05, 3.63) is 0 Å². The first kappa shape index (κ1) is 9.34. The summed E-state index contributed by atoms with van der Waals surface area (Å²) in [5, 5.41) is 3.79. The highest BCUT2D eigenvalue weighted by atomic mass is 35.5. The molecule has 1 aliphatic rings. The predicted octanol–water partition coefficient (Wildman–Crippen LogP) is 2.39. The van der Waals surface area contributed by atoms with Crippen molar-refractivity contribution in [2.24, 2.45) is 5.92 Å². The van der Waals surface area contributed by atoms with Gasteiger partial charge in [-0.15, -0.1) is 11.6 Å². The molecular weight excluding hydrogens is 158 g/mol. The van der Waals surface area contributed by atoms with Gasteiger partial charge in [0.25, 0.3) is 0 Å². The molecule has 1 N–H and O–H groups in total. The topological polar surface area (TPSA) is 12.0 Å². The molecule has 1 aliphatic carbocycles. The van der Waals surface area contributed by atoms with E-state index in [1.54, 1.807) is 0 Å². The maximum Gasteiger partial charge on any atom is 0.0308 e. The summed E-state index contributed by atoms with van der Waals surface area (Å²) in [6, 6.07) is 0. The normalized spacial score (nSPS) is 20.2. The molecule has 66 valence electrons. The predicted molar refractivity (Wildman–Crippen MR) is 50.1 cm³/mol. The molecule has 0 aromatic carbocycles. The van der Waals surface area contributed by atoms with Gasteiger partial charge < -0.3 is 5.32 Å². The van der Waals surface area contributed by atoms with Gasteiger partial charge in [-0.1, -0.05) is 0 Å². The molecule has 1 nitrogen and oxygen atoms in total. The lowest BCUT2D eigenvalue weighted by Gasteiger charge is -2.03. The average molecular weight is 176 g/mol. The Labute approximate surface area is 74.5 Å². The third-order valence-electron chi connectivity index (χ3n) is 2.09. The van der Waals surface area contributed by atoms with Crippen molar-refractivity contribution >= 4 is 11.6 Å². The highest BCUT2D eigenvalue weighted by Crippen LogP contribution is 2.27. The monoisotopic (exact) mass is 175 g/mol. The van der Waals surface area contributed by atoms with E-state index in [4.69, 9.17) is 11.6 Å². The molecular formula is C9H18ClN. The van der Waals surface area contributed by atoms with Gasteiger partial charge in [0.15, 0.2) is 0 Å². The maximum absolute atomic E-state index is 5.80. The molecule has 0 saturated heterocycles. The second kappa shape index (κ2) is 5.00. The summed E-state index contributed by atoms with van der Waals surface area (Å²) in [5.74, 6) is 1.00. The molecule has 1 saturated carbocycles. The fourth-order valence-electron chi connectivity index (χ4n) is 1.14. The van der Waals surface area contributed by atoms with Gasteiger partial charge in [0, 0.05) is 5.38 Å². The minimum atomic E-state index is 0.345. The van der Waals surface area contributed by atoms with Gasteiger partial charge in [0.05, 0.1) is 0 Å². The van der Waals surface area contributed by atoms with Crippen LogP contribution in [0.4, 0.5) is 0 Å². The highest BCUT2D eigenvalue weighted by molar-refractivity contribution is 6.20. The Balaban J connectivity index is 1.73. The van der Waals surface area contributed by atoms with Crippen LogP contribution in [0.5, 0.6) is 0 Å². The van der Waals surface area contributed by atoms with Gasteiger partial charge in [-0.05, 0) is 51.6 Å². The van der Waals surface area contributed by atoms with Gasteiger partial charge in [-0.3, -0.25) is 0 Å². The van der Waals surface area contributed by atoms with Crippen LogP contribution in [0.15, 0.2) is 0 Å². The highest BCUT2D eigenvalue weighted by Gasteiger charge is 2.19. The number of halogens is 1. The van der Waals surface area contributed by atoms with E-state index in [1.807, 2.05) is 0 Å². The van der Waals surface area contributed by atoms with E-state index >= 15 is 0 Å². The molecule has 1 unspecified atom stereocenters. The summed E-state index contributed by atoms with van der Waals surface area (Å²) >= 11 is 5.80. The fourth-order valence-corrected chi connectivity index (χ4v) is 1.29. The zero-order chi connectivity index (χ0) is 8.10. The quantitative estimate of drug-likeness (QED) is 0.483. The van der Waals surface area contributed by atoms with Crippen molar-refractivity contribution in [2.75, 3.05) is 13.1 Å². The third kappa shape index (κ3) is 5.51. The Bertz CT molecular complexity index is 95.7. The first-order valence-electron chi connectivity index (χ1n) is 4.64. The molecule has 0 aromatic rings. The second-order valence-electron chi connectivity index (χ2n) is 3.57. The van der Waals surface area contributed by atoms with Crippen LogP contribution in [-0.4, -0.2) is 18.5 Å².